The van der Waals surface area contributed by atoms with Crippen LogP contribution in [0.2, 0.25) is 0 Å². The maximum Gasteiger partial charge on any atom is 0.242 e. The van der Waals surface area contributed by atoms with Gasteiger partial charge in [0.15, 0.2) is 0 Å². The Bertz CT molecular complexity index is 510. The van der Waals surface area contributed by atoms with E-state index in [1.807, 2.05) is 6.07 Å². The summed E-state index contributed by atoms with van der Waals surface area (Å²) in [6.07, 6.45) is 1.85. The summed E-state index contributed by atoms with van der Waals surface area (Å²) >= 11 is 0. The lowest BCUT2D eigenvalue weighted by Gasteiger charge is -2.48. The minimum atomic E-state index is -0.606. The molecule has 2 unspecified atom stereocenters. The first-order valence-corrected chi connectivity index (χ1v) is 7.51. The fourth-order valence-electron chi connectivity index (χ4n) is 3.81. The quantitative estimate of drug-likeness (QED) is 0.850. The molecule has 0 spiro atoms. The molecule has 2 atom stereocenters. The van der Waals surface area contributed by atoms with Crippen LogP contribution in [-0.2, 0) is 10.3 Å². The standard InChI is InChI=1S/C16H23N3O/c1-12-6-7-16(15(17)20,19-10-8-18-9-11-19)14-5-3-2-4-13(12)14/h2-5,12,18H,6-11H2,1H3,(H2,17,20). The Kier molecular flexibility index (Phi) is 3.52. The van der Waals surface area contributed by atoms with E-state index < -0.39 is 5.54 Å². The summed E-state index contributed by atoms with van der Waals surface area (Å²) in [6, 6.07) is 8.33. The van der Waals surface area contributed by atoms with Gasteiger partial charge in [-0.3, -0.25) is 9.69 Å². The third kappa shape index (κ3) is 1.95. The largest absolute Gasteiger partial charge is 0.368 e. The Morgan fingerprint density at radius 2 is 2.05 bits per heavy atom. The van der Waals surface area contributed by atoms with Gasteiger partial charge in [0.05, 0.1) is 0 Å². The minimum Gasteiger partial charge on any atom is -0.368 e. The number of hydrogen-bond acceptors (Lipinski definition) is 3. The average Bonchev–Trinajstić information content (AvgIpc) is 2.49. The van der Waals surface area contributed by atoms with E-state index in [9.17, 15) is 4.79 Å². The first kappa shape index (κ1) is 13.6. The molecule has 20 heavy (non-hydrogen) atoms. The number of amides is 1. The van der Waals surface area contributed by atoms with E-state index in [2.05, 4.69) is 35.3 Å². The Morgan fingerprint density at radius 1 is 1.35 bits per heavy atom. The zero-order chi connectivity index (χ0) is 14.2. The van der Waals surface area contributed by atoms with E-state index >= 15 is 0 Å². The van der Waals surface area contributed by atoms with Gasteiger partial charge in [0.1, 0.15) is 5.54 Å². The number of carbonyl (C=O) groups excluding carboxylic acids is 1. The summed E-state index contributed by atoms with van der Waals surface area (Å²) in [5.74, 6) is 0.306. The molecule has 3 rings (SSSR count). The fraction of sp³-hybridized carbons (Fsp3) is 0.562. The smallest absolute Gasteiger partial charge is 0.242 e. The molecule has 1 aliphatic heterocycles. The van der Waals surface area contributed by atoms with Gasteiger partial charge in [0.25, 0.3) is 0 Å². The molecule has 0 aromatic heterocycles. The Labute approximate surface area is 120 Å². The number of hydrogen-bond donors (Lipinski definition) is 2. The second-order valence-corrected chi connectivity index (χ2v) is 5.99. The number of nitrogens with zero attached hydrogens (tertiary/aromatic N) is 1. The van der Waals surface area contributed by atoms with E-state index in [1.54, 1.807) is 0 Å². The molecule has 1 aromatic rings. The summed E-state index contributed by atoms with van der Waals surface area (Å²) in [4.78, 5) is 14.7. The first-order chi connectivity index (χ1) is 9.66. The van der Waals surface area contributed by atoms with Crippen molar-refractivity contribution in [2.75, 3.05) is 26.2 Å². The van der Waals surface area contributed by atoms with E-state index in [-0.39, 0.29) is 5.91 Å². The molecule has 1 aliphatic carbocycles. The number of nitrogens with two attached hydrogens (primary N) is 1. The van der Waals surface area contributed by atoms with Crippen LogP contribution >= 0.6 is 0 Å². The van der Waals surface area contributed by atoms with Gasteiger partial charge < -0.3 is 11.1 Å². The van der Waals surface area contributed by atoms with Gasteiger partial charge in [0, 0.05) is 26.2 Å². The summed E-state index contributed by atoms with van der Waals surface area (Å²) in [6.45, 7) is 5.85. The molecule has 3 N–H and O–H groups in total. The zero-order valence-electron chi connectivity index (χ0n) is 12.1. The highest BCUT2D eigenvalue weighted by molar-refractivity contribution is 5.87. The lowest BCUT2D eigenvalue weighted by Crippen LogP contribution is -2.61. The molecular formula is C16H23N3O. The van der Waals surface area contributed by atoms with Gasteiger partial charge in [-0.25, -0.2) is 0 Å². The molecule has 0 radical (unpaired) electrons. The topological polar surface area (TPSA) is 58.4 Å². The van der Waals surface area contributed by atoms with Crippen LogP contribution < -0.4 is 11.1 Å². The average molecular weight is 273 g/mol. The van der Waals surface area contributed by atoms with Gasteiger partial charge >= 0.3 is 0 Å². The van der Waals surface area contributed by atoms with E-state index in [1.165, 1.54) is 5.56 Å². The first-order valence-electron chi connectivity index (χ1n) is 7.51. The monoisotopic (exact) mass is 273 g/mol. The lowest BCUT2D eigenvalue weighted by molar-refractivity contribution is -0.133. The number of carbonyl (C=O) groups is 1. The molecule has 108 valence electrons. The molecule has 0 bridgehead atoms. The maximum atomic E-state index is 12.4. The molecule has 1 amide bonds. The van der Waals surface area contributed by atoms with Gasteiger partial charge in [-0.05, 0) is 29.9 Å². The van der Waals surface area contributed by atoms with Gasteiger partial charge in [-0.2, -0.15) is 0 Å². The van der Waals surface area contributed by atoms with E-state index in [4.69, 9.17) is 5.73 Å². The molecule has 1 aromatic carbocycles. The van der Waals surface area contributed by atoms with Crippen LogP contribution in [0.5, 0.6) is 0 Å². The second-order valence-electron chi connectivity index (χ2n) is 5.99. The van der Waals surface area contributed by atoms with Crippen molar-refractivity contribution in [2.45, 2.75) is 31.2 Å². The van der Waals surface area contributed by atoms with Gasteiger partial charge in [-0.15, -0.1) is 0 Å². The molecule has 4 nitrogen and oxygen atoms in total. The van der Waals surface area contributed by atoms with Crippen LogP contribution in [-0.4, -0.2) is 37.0 Å². The third-order valence-electron chi connectivity index (χ3n) is 4.94. The van der Waals surface area contributed by atoms with Crippen molar-refractivity contribution < 1.29 is 4.79 Å². The Morgan fingerprint density at radius 3 is 2.75 bits per heavy atom. The number of primary amides is 1. The fourth-order valence-corrected chi connectivity index (χ4v) is 3.81. The summed E-state index contributed by atoms with van der Waals surface area (Å²) < 4.78 is 0. The van der Waals surface area contributed by atoms with E-state index in [0.29, 0.717) is 5.92 Å². The van der Waals surface area contributed by atoms with Crippen LogP contribution in [0.4, 0.5) is 0 Å². The predicted molar refractivity (Wildman–Crippen MR) is 79.4 cm³/mol. The van der Waals surface area contributed by atoms with Crippen LogP contribution in [0.25, 0.3) is 0 Å². The van der Waals surface area contributed by atoms with Gasteiger partial charge in [-0.1, -0.05) is 31.2 Å². The maximum absolute atomic E-state index is 12.4. The van der Waals surface area contributed by atoms with Crippen LogP contribution in [0.3, 0.4) is 0 Å². The van der Waals surface area contributed by atoms with E-state index in [0.717, 1.165) is 44.6 Å². The molecule has 1 heterocycles. The third-order valence-corrected chi connectivity index (χ3v) is 4.94. The molecule has 2 aliphatic rings. The number of piperazine rings is 1. The predicted octanol–water partition coefficient (Wildman–Crippen LogP) is 1.17. The lowest BCUT2D eigenvalue weighted by atomic mass is 9.70. The van der Waals surface area contributed by atoms with Crippen LogP contribution in [0.15, 0.2) is 24.3 Å². The number of rotatable bonds is 2. The molecule has 1 fully saturated rings. The molecule has 4 heteroatoms. The van der Waals surface area contributed by atoms with Crippen molar-refractivity contribution in [1.82, 2.24) is 10.2 Å². The number of fused-ring (bicyclic) bond motifs is 1. The van der Waals surface area contributed by atoms with Crippen molar-refractivity contribution in [2.24, 2.45) is 5.73 Å². The van der Waals surface area contributed by atoms with Crippen molar-refractivity contribution in [3.05, 3.63) is 35.4 Å². The molecular weight excluding hydrogens is 250 g/mol. The van der Waals surface area contributed by atoms with Crippen LogP contribution in [0, 0.1) is 0 Å². The highest BCUT2D eigenvalue weighted by Crippen LogP contribution is 2.44. The zero-order valence-corrected chi connectivity index (χ0v) is 12.1. The SMILES string of the molecule is CC1CCC(C(N)=O)(N2CCNCC2)c2ccccc21. The number of nitrogens with one attached hydrogen (secondary N) is 1. The van der Waals surface area contributed by atoms with Crippen molar-refractivity contribution in [3.63, 3.8) is 0 Å². The Balaban J connectivity index is 2.11. The second kappa shape index (κ2) is 5.19. The highest BCUT2D eigenvalue weighted by atomic mass is 16.1. The van der Waals surface area contributed by atoms with Crippen molar-refractivity contribution in [1.29, 1.82) is 0 Å². The van der Waals surface area contributed by atoms with Crippen molar-refractivity contribution >= 4 is 5.91 Å². The minimum absolute atomic E-state index is 0.196. The van der Waals surface area contributed by atoms with Crippen molar-refractivity contribution in [3.8, 4) is 0 Å². The molecule has 1 saturated heterocycles. The summed E-state index contributed by atoms with van der Waals surface area (Å²) in [7, 11) is 0. The highest BCUT2D eigenvalue weighted by Gasteiger charge is 2.48. The summed E-state index contributed by atoms with van der Waals surface area (Å²) in [5, 5.41) is 3.35. The van der Waals surface area contributed by atoms with Gasteiger partial charge in [0.2, 0.25) is 5.91 Å². The molecule has 0 saturated carbocycles. The Hall–Kier alpha value is -1.39. The summed E-state index contributed by atoms with van der Waals surface area (Å²) in [5.41, 5.74) is 7.71. The van der Waals surface area contributed by atoms with Crippen LogP contribution in [0.1, 0.15) is 36.8 Å². The normalized spacial score (nSPS) is 30.8. The number of benzene rings is 1.